The molecule has 20 heavy (non-hydrogen) atoms. The van der Waals surface area contributed by atoms with Crippen molar-refractivity contribution < 1.29 is 19.4 Å². The Morgan fingerprint density at radius 3 is 2.55 bits per heavy atom. The zero-order chi connectivity index (χ0) is 15.1. The van der Waals surface area contributed by atoms with Gasteiger partial charge in [0.25, 0.3) is 0 Å². The molecule has 3 rings (SSSR count). The van der Waals surface area contributed by atoms with Gasteiger partial charge < -0.3 is 14.6 Å². The number of aliphatic hydroxyl groups excluding tert-OH is 1. The zero-order valence-corrected chi connectivity index (χ0v) is 12.7. The summed E-state index contributed by atoms with van der Waals surface area (Å²) in [6.45, 7) is 8.17. The Morgan fingerprint density at radius 2 is 2.10 bits per heavy atom. The lowest BCUT2D eigenvalue weighted by molar-refractivity contribution is -0.149. The molecule has 0 aromatic rings. The molecule has 1 saturated carbocycles. The number of rotatable bonds is 5. The molecule has 1 N–H and O–H groups in total. The van der Waals surface area contributed by atoms with Crippen LogP contribution in [0.25, 0.3) is 0 Å². The van der Waals surface area contributed by atoms with Crippen LogP contribution in [0.3, 0.4) is 0 Å². The van der Waals surface area contributed by atoms with Crippen molar-refractivity contribution in [2.75, 3.05) is 14.2 Å². The average molecular weight is 280 g/mol. The lowest BCUT2D eigenvalue weighted by Gasteiger charge is -2.57. The fourth-order valence-electron chi connectivity index (χ4n) is 3.61. The molecule has 0 saturated heterocycles. The van der Waals surface area contributed by atoms with Crippen LogP contribution < -0.4 is 0 Å². The topological polar surface area (TPSA) is 55.8 Å². The van der Waals surface area contributed by atoms with Gasteiger partial charge in [-0.15, -0.1) is 0 Å². The fourth-order valence-corrected chi connectivity index (χ4v) is 3.61. The lowest BCUT2D eigenvalue weighted by Crippen LogP contribution is -2.51. The summed E-state index contributed by atoms with van der Waals surface area (Å²) >= 11 is 0. The molecule has 4 heteroatoms. The van der Waals surface area contributed by atoms with E-state index in [1.165, 1.54) is 14.2 Å². The number of ether oxygens (including phenoxy) is 2. The van der Waals surface area contributed by atoms with Crippen molar-refractivity contribution in [2.24, 2.45) is 23.2 Å². The van der Waals surface area contributed by atoms with Crippen LogP contribution in [-0.4, -0.2) is 31.4 Å². The Hall–Kier alpha value is -1.29. The molecule has 0 heterocycles. The van der Waals surface area contributed by atoms with Crippen LogP contribution in [0.15, 0.2) is 24.0 Å². The van der Waals surface area contributed by atoms with Crippen LogP contribution in [0, 0.1) is 23.2 Å². The normalized spacial score (nSPS) is 29.6. The maximum atomic E-state index is 11.9. The molecule has 112 valence electrons. The van der Waals surface area contributed by atoms with E-state index in [-0.39, 0.29) is 11.2 Å². The van der Waals surface area contributed by atoms with Crippen molar-refractivity contribution in [1.29, 1.82) is 0 Å². The molecule has 0 aromatic heterocycles. The van der Waals surface area contributed by atoms with Crippen molar-refractivity contribution in [2.45, 2.75) is 32.8 Å². The minimum Gasteiger partial charge on any atom is -0.501 e. The van der Waals surface area contributed by atoms with Crippen molar-refractivity contribution >= 4 is 5.97 Å². The van der Waals surface area contributed by atoms with E-state index in [1.54, 1.807) is 0 Å². The van der Waals surface area contributed by atoms with Crippen LogP contribution >= 0.6 is 0 Å². The van der Waals surface area contributed by atoms with E-state index in [0.717, 1.165) is 18.4 Å². The number of aliphatic hydroxyl groups is 1. The van der Waals surface area contributed by atoms with Gasteiger partial charge in [-0.1, -0.05) is 26.5 Å². The summed E-state index contributed by atoms with van der Waals surface area (Å²) in [5.41, 5.74) is 1.13. The number of methoxy groups -OCH3 is 2. The summed E-state index contributed by atoms with van der Waals surface area (Å²) < 4.78 is 9.85. The molecule has 3 aliphatic carbocycles. The van der Waals surface area contributed by atoms with Crippen LogP contribution in [0.5, 0.6) is 0 Å². The average Bonchev–Trinajstić information content (AvgIpc) is 2.46. The highest BCUT2D eigenvalue weighted by Crippen LogP contribution is 2.60. The predicted octanol–water partition coefficient (Wildman–Crippen LogP) is 2.29. The molecule has 4 atom stereocenters. The van der Waals surface area contributed by atoms with E-state index < -0.39 is 18.0 Å². The van der Waals surface area contributed by atoms with E-state index >= 15 is 0 Å². The summed E-state index contributed by atoms with van der Waals surface area (Å²) in [6, 6.07) is 0. The van der Waals surface area contributed by atoms with Gasteiger partial charge in [0, 0.05) is 0 Å². The van der Waals surface area contributed by atoms with Gasteiger partial charge in [-0.3, -0.25) is 4.79 Å². The number of hydrogen-bond donors (Lipinski definition) is 1. The van der Waals surface area contributed by atoms with Gasteiger partial charge in [0.05, 0.1) is 20.3 Å². The summed E-state index contributed by atoms with van der Waals surface area (Å²) in [7, 11) is 2.76. The molecule has 4 nitrogen and oxygen atoms in total. The third kappa shape index (κ3) is 2.16. The van der Waals surface area contributed by atoms with Crippen molar-refractivity contribution in [3.05, 3.63) is 24.0 Å². The minimum atomic E-state index is -0.916. The van der Waals surface area contributed by atoms with Crippen LogP contribution in [0.4, 0.5) is 0 Å². The molecule has 3 aliphatic rings. The van der Waals surface area contributed by atoms with E-state index in [0.29, 0.717) is 11.8 Å². The second-order valence-corrected chi connectivity index (χ2v) is 6.36. The Morgan fingerprint density at radius 1 is 1.45 bits per heavy atom. The van der Waals surface area contributed by atoms with Crippen LogP contribution in [-0.2, 0) is 14.3 Å². The highest BCUT2D eigenvalue weighted by molar-refractivity contribution is 5.76. The number of carbonyl (C=O) groups is 1. The second kappa shape index (κ2) is 5.24. The predicted molar refractivity (Wildman–Crippen MR) is 75.7 cm³/mol. The number of hydrogen-bond acceptors (Lipinski definition) is 4. The number of allylic oxidation sites excluding steroid dienone is 1. The maximum absolute atomic E-state index is 11.9. The molecule has 0 radical (unpaired) electrons. The smallest absolute Gasteiger partial charge is 0.319 e. The summed E-state index contributed by atoms with van der Waals surface area (Å²) in [4.78, 5) is 11.9. The van der Waals surface area contributed by atoms with Crippen molar-refractivity contribution in [1.82, 2.24) is 0 Å². The molecule has 0 unspecified atom stereocenters. The molecule has 0 aliphatic heterocycles. The van der Waals surface area contributed by atoms with E-state index in [9.17, 15) is 9.90 Å². The summed E-state index contributed by atoms with van der Waals surface area (Å²) in [6.07, 6.45) is 3.21. The first-order valence-corrected chi connectivity index (χ1v) is 7.03. The molecule has 0 spiro atoms. The Kier molecular flexibility index (Phi) is 3.96. The Labute approximate surface area is 120 Å². The number of carbonyl (C=O) groups excluding carboxylic acids is 1. The Bertz CT molecular complexity index is 433. The van der Waals surface area contributed by atoms with E-state index in [1.807, 2.05) is 0 Å². The summed E-state index contributed by atoms with van der Waals surface area (Å²) in [5, 5.41) is 10.7. The molecule has 0 amide bonds. The summed E-state index contributed by atoms with van der Waals surface area (Å²) in [5.74, 6) is -0.114. The molecule has 1 fully saturated rings. The molecule has 2 bridgehead atoms. The SMILES string of the molecule is C=C(OC)[C@@H](C(=O)OC)[C@@H](O)C1=CC[C@H]2C[C@@H]1C2(C)C. The largest absolute Gasteiger partial charge is 0.501 e. The van der Waals surface area contributed by atoms with Gasteiger partial charge in [-0.25, -0.2) is 0 Å². The zero-order valence-electron chi connectivity index (χ0n) is 12.7. The van der Waals surface area contributed by atoms with Crippen molar-refractivity contribution in [3.63, 3.8) is 0 Å². The van der Waals surface area contributed by atoms with E-state index in [4.69, 9.17) is 9.47 Å². The van der Waals surface area contributed by atoms with Crippen molar-refractivity contribution in [3.8, 4) is 0 Å². The first-order valence-electron chi connectivity index (χ1n) is 7.03. The van der Waals surface area contributed by atoms with Gasteiger partial charge in [0.15, 0.2) is 0 Å². The van der Waals surface area contributed by atoms with Crippen LogP contribution in [0.1, 0.15) is 26.7 Å². The monoisotopic (exact) mass is 280 g/mol. The third-order valence-electron chi connectivity index (χ3n) is 5.23. The van der Waals surface area contributed by atoms with Gasteiger partial charge in [-0.2, -0.15) is 0 Å². The van der Waals surface area contributed by atoms with Gasteiger partial charge in [0.1, 0.15) is 11.7 Å². The highest BCUT2D eigenvalue weighted by Gasteiger charge is 2.53. The fraction of sp³-hybridized carbons (Fsp3) is 0.688. The molecular weight excluding hydrogens is 256 g/mol. The highest BCUT2D eigenvalue weighted by atomic mass is 16.5. The second-order valence-electron chi connectivity index (χ2n) is 6.36. The van der Waals surface area contributed by atoms with Gasteiger partial charge >= 0.3 is 5.97 Å². The first kappa shape index (κ1) is 15.1. The first-order chi connectivity index (χ1) is 9.34. The third-order valence-corrected chi connectivity index (χ3v) is 5.23. The quantitative estimate of drug-likeness (QED) is 0.477. The van der Waals surface area contributed by atoms with E-state index in [2.05, 4.69) is 26.5 Å². The van der Waals surface area contributed by atoms with Gasteiger partial charge in [0.2, 0.25) is 0 Å². The number of fused-ring (bicyclic) bond motifs is 1. The van der Waals surface area contributed by atoms with Crippen LogP contribution in [0.2, 0.25) is 0 Å². The minimum absolute atomic E-state index is 0.195. The molecular formula is C16H24O4. The van der Waals surface area contributed by atoms with Gasteiger partial charge in [-0.05, 0) is 35.7 Å². The standard InChI is InChI=1S/C16H24O4/c1-9(19-4)13(15(18)20-5)14(17)11-7-6-10-8-12(11)16(10,2)3/h7,10,12-14,17H,1,6,8H2,2-5H3/t10-,12-,13+,14-/m0/s1. The lowest BCUT2D eigenvalue weighted by atomic mass is 9.48. The maximum Gasteiger partial charge on any atom is 0.319 e. The number of esters is 1. The Balaban J connectivity index is 2.24. The molecule has 0 aromatic carbocycles.